The fourth-order valence-electron chi connectivity index (χ4n) is 0.769. The molecule has 0 atom stereocenters. The SMILES string of the molecule is Clc1ncn(C2CC2)n1. The summed E-state index contributed by atoms with van der Waals surface area (Å²) in [5.74, 6) is 0. The highest BCUT2D eigenvalue weighted by Gasteiger charge is 2.24. The molecule has 1 aromatic rings. The van der Waals surface area contributed by atoms with Crippen molar-refractivity contribution in [3.8, 4) is 0 Å². The smallest absolute Gasteiger partial charge is 0.242 e. The lowest BCUT2D eigenvalue weighted by molar-refractivity contribution is 0.640. The first kappa shape index (κ1) is 5.23. The van der Waals surface area contributed by atoms with Crippen LogP contribution < -0.4 is 0 Å². The van der Waals surface area contributed by atoms with E-state index in [2.05, 4.69) is 10.1 Å². The van der Waals surface area contributed by atoms with Crippen LogP contribution in [-0.2, 0) is 0 Å². The van der Waals surface area contributed by atoms with Gasteiger partial charge in [0, 0.05) is 0 Å². The average molecular weight is 144 g/mol. The van der Waals surface area contributed by atoms with Gasteiger partial charge in [-0.25, -0.2) is 9.67 Å². The maximum Gasteiger partial charge on any atom is 0.242 e. The molecule has 0 saturated heterocycles. The van der Waals surface area contributed by atoms with Gasteiger partial charge in [0.25, 0.3) is 0 Å². The van der Waals surface area contributed by atoms with E-state index in [1.165, 1.54) is 12.8 Å². The highest BCUT2D eigenvalue weighted by atomic mass is 35.5. The van der Waals surface area contributed by atoms with Crippen molar-refractivity contribution in [3.63, 3.8) is 0 Å². The minimum Gasteiger partial charge on any atom is -0.248 e. The van der Waals surface area contributed by atoms with Gasteiger partial charge in [0.2, 0.25) is 5.28 Å². The van der Waals surface area contributed by atoms with E-state index in [-0.39, 0.29) is 0 Å². The van der Waals surface area contributed by atoms with Gasteiger partial charge in [0.1, 0.15) is 6.33 Å². The van der Waals surface area contributed by atoms with Crippen molar-refractivity contribution in [1.82, 2.24) is 14.8 Å². The minimum absolute atomic E-state index is 0.349. The van der Waals surface area contributed by atoms with E-state index in [0.717, 1.165) is 0 Å². The van der Waals surface area contributed by atoms with Gasteiger partial charge < -0.3 is 0 Å². The van der Waals surface area contributed by atoms with E-state index in [1.54, 1.807) is 6.33 Å². The Kier molecular flexibility index (Phi) is 0.990. The molecule has 2 rings (SSSR count). The summed E-state index contributed by atoms with van der Waals surface area (Å²) in [5.41, 5.74) is 0. The molecular formula is C5H6ClN3. The Balaban J connectivity index is 2.28. The van der Waals surface area contributed by atoms with Gasteiger partial charge in [-0.15, -0.1) is 5.10 Å². The Morgan fingerprint density at radius 3 is 2.89 bits per heavy atom. The monoisotopic (exact) mass is 143 g/mol. The first-order valence-electron chi connectivity index (χ1n) is 2.93. The van der Waals surface area contributed by atoms with Crippen LogP contribution in [0, 0.1) is 0 Å². The van der Waals surface area contributed by atoms with Crippen molar-refractivity contribution in [2.24, 2.45) is 0 Å². The van der Waals surface area contributed by atoms with Crippen molar-refractivity contribution in [1.29, 1.82) is 0 Å². The van der Waals surface area contributed by atoms with Crippen LogP contribution in [-0.4, -0.2) is 14.8 Å². The third-order valence-electron chi connectivity index (χ3n) is 1.40. The molecule has 9 heavy (non-hydrogen) atoms. The molecule has 0 radical (unpaired) electrons. The van der Waals surface area contributed by atoms with Gasteiger partial charge in [-0.1, -0.05) is 0 Å². The van der Waals surface area contributed by atoms with Gasteiger partial charge in [-0.05, 0) is 24.4 Å². The van der Waals surface area contributed by atoms with Crippen molar-refractivity contribution < 1.29 is 0 Å². The van der Waals surface area contributed by atoms with Crippen LogP contribution in [0.3, 0.4) is 0 Å². The zero-order chi connectivity index (χ0) is 6.27. The topological polar surface area (TPSA) is 30.7 Å². The third-order valence-corrected chi connectivity index (χ3v) is 1.57. The number of hydrogen-bond donors (Lipinski definition) is 0. The lowest BCUT2D eigenvalue weighted by Gasteiger charge is -1.89. The van der Waals surface area contributed by atoms with E-state index in [4.69, 9.17) is 11.6 Å². The van der Waals surface area contributed by atoms with Crippen molar-refractivity contribution >= 4 is 11.6 Å². The lowest BCUT2D eigenvalue weighted by atomic mass is 10.7. The normalized spacial score (nSPS) is 18.3. The standard InChI is InChI=1S/C5H6ClN3/c6-5-7-3-9(8-5)4-1-2-4/h3-4H,1-2H2. The van der Waals surface area contributed by atoms with E-state index >= 15 is 0 Å². The zero-order valence-corrected chi connectivity index (χ0v) is 5.54. The fraction of sp³-hybridized carbons (Fsp3) is 0.600. The van der Waals surface area contributed by atoms with Gasteiger partial charge in [-0.3, -0.25) is 0 Å². The van der Waals surface area contributed by atoms with Crippen LogP contribution in [0.15, 0.2) is 6.33 Å². The fourth-order valence-corrected chi connectivity index (χ4v) is 0.900. The quantitative estimate of drug-likeness (QED) is 0.593. The summed E-state index contributed by atoms with van der Waals surface area (Å²) < 4.78 is 1.82. The summed E-state index contributed by atoms with van der Waals surface area (Å²) in [6.45, 7) is 0. The molecule has 0 spiro atoms. The lowest BCUT2D eigenvalue weighted by Crippen LogP contribution is -1.92. The van der Waals surface area contributed by atoms with Crippen LogP contribution in [0.4, 0.5) is 0 Å². The van der Waals surface area contributed by atoms with Crippen molar-refractivity contribution in [2.45, 2.75) is 18.9 Å². The maximum absolute atomic E-state index is 5.49. The first-order chi connectivity index (χ1) is 4.36. The highest BCUT2D eigenvalue weighted by molar-refractivity contribution is 6.28. The van der Waals surface area contributed by atoms with E-state index < -0.39 is 0 Å². The molecule has 0 N–H and O–H groups in total. The Bertz CT molecular complexity index is 216. The van der Waals surface area contributed by atoms with Crippen molar-refractivity contribution in [3.05, 3.63) is 11.6 Å². The van der Waals surface area contributed by atoms with Crippen LogP contribution in [0.5, 0.6) is 0 Å². The molecule has 0 amide bonds. The molecule has 1 aromatic heterocycles. The van der Waals surface area contributed by atoms with E-state index in [1.807, 2.05) is 4.68 Å². The Labute approximate surface area is 57.7 Å². The van der Waals surface area contributed by atoms with Gasteiger partial charge in [-0.2, -0.15) is 0 Å². The maximum atomic E-state index is 5.49. The third kappa shape index (κ3) is 0.920. The van der Waals surface area contributed by atoms with Crippen molar-refractivity contribution in [2.75, 3.05) is 0 Å². The largest absolute Gasteiger partial charge is 0.248 e. The molecule has 1 saturated carbocycles. The predicted octanol–water partition coefficient (Wildman–Crippen LogP) is 1.27. The summed E-state index contributed by atoms with van der Waals surface area (Å²) in [5, 5.41) is 4.29. The number of halogens is 1. The Morgan fingerprint density at radius 2 is 2.44 bits per heavy atom. The van der Waals surface area contributed by atoms with E-state index in [9.17, 15) is 0 Å². The molecule has 0 bridgehead atoms. The van der Waals surface area contributed by atoms with Crippen LogP contribution in [0.1, 0.15) is 18.9 Å². The average Bonchev–Trinajstić information content (AvgIpc) is 2.58. The summed E-state index contributed by atoms with van der Waals surface area (Å²) >= 11 is 5.49. The summed E-state index contributed by atoms with van der Waals surface area (Å²) in [4.78, 5) is 3.80. The molecule has 0 aromatic carbocycles. The molecule has 0 unspecified atom stereocenters. The number of aromatic nitrogens is 3. The van der Waals surface area contributed by atoms with Crippen LogP contribution in [0.2, 0.25) is 5.28 Å². The van der Waals surface area contributed by atoms with Gasteiger partial charge in [0.15, 0.2) is 0 Å². The number of rotatable bonds is 1. The minimum atomic E-state index is 0.349. The predicted molar refractivity (Wildman–Crippen MR) is 33.3 cm³/mol. The first-order valence-corrected chi connectivity index (χ1v) is 3.31. The second-order valence-electron chi connectivity index (χ2n) is 2.22. The number of nitrogens with zero attached hydrogens (tertiary/aromatic N) is 3. The van der Waals surface area contributed by atoms with E-state index in [0.29, 0.717) is 11.3 Å². The summed E-state index contributed by atoms with van der Waals surface area (Å²) in [7, 11) is 0. The molecule has 0 aliphatic heterocycles. The van der Waals surface area contributed by atoms with Crippen LogP contribution in [0.25, 0.3) is 0 Å². The van der Waals surface area contributed by atoms with Gasteiger partial charge >= 0.3 is 0 Å². The molecular weight excluding hydrogens is 138 g/mol. The second-order valence-corrected chi connectivity index (χ2v) is 2.56. The Morgan fingerprint density at radius 1 is 1.67 bits per heavy atom. The molecule has 1 aliphatic rings. The zero-order valence-electron chi connectivity index (χ0n) is 4.79. The molecule has 1 aliphatic carbocycles. The molecule has 48 valence electrons. The molecule has 4 heteroatoms. The second kappa shape index (κ2) is 1.70. The highest BCUT2D eigenvalue weighted by Crippen LogP contribution is 2.33. The van der Waals surface area contributed by atoms with Crippen LogP contribution >= 0.6 is 11.6 Å². The molecule has 1 heterocycles. The summed E-state index contributed by atoms with van der Waals surface area (Å²) in [6, 6.07) is 0.588. The molecule has 1 fully saturated rings. The Hall–Kier alpha value is -0.570. The molecule has 3 nitrogen and oxygen atoms in total. The number of hydrogen-bond acceptors (Lipinski definition) is 2. The van der Waals surface area contributed by atoms with Gasteiger partial charge in [0.05, 0.1) is 6.04 Å². The summed E-state index contributed by atoms with van der Waals surface area (Å²) in [6.07, 6.45) is 4.12.